The minimum absolute atomic E-state index is 0.678. The molecular weight excluding hydrogens is 270 g/mol. The third-order valence-electron chi connectivity index (χ3n) is 3.06. The van der Waals surface area contributed by atoms with Crippen molar-refractivity contribution in [3.05, 3.63) is 58.9 Å². The molecule has 0 spiro atoms. The molecule has 0 saturated carbocycles. The van der Waals surface area contributed by atoms with Crippen LogP contribution in [-0.4, -0.2) is 18.1 Å². The van der Waals surface area contributed by atoms with Crippen LogP contribution in [0.4, 0.5) is 5.69 Å². The van der Waals surface area contributed by atoms with Crippen molar-refractivity contribution in [2.24, 2.45) is 0 Å². The Bertz CT molecular complexity index is 529. The Labute approximate surface area is 125 Å². The van der Waals surface area contributed by atoms with Gasteiger partial charge in [-0.3, -0.25) is 4.98 Å². The normalized spacial score (nSPS) is 10.5. The zero-order chi connectivity index (χ0) is 14.2. The summed E-state index contributed by atoms with van der Waals surface area (Å²) in [6.45, 7) is 4.77. The van der Waals surface area contributed by atoms with Crippen molar-refractivity contribution in [3.8, 4) is 0 Å². The number of hydrogen-bond acceptors (Lipinski definition) is 3. The van der Waals surface area contributed by atoms with Crippen LogP contribution < -0.4 is 10.6 Å². The summed E-state index contributed by atoms with van der Waals surface area (Å²) in [6, 6.07) is 12.0. The van der Waals surface area contributed by atoms with E-state index < -0.39 is 0 Å². The smallest absolute Gasteiger partial charge is 0.0637 e. The first-order chi connectivity index (χ1) is 9.79. The SMILES string of the molecule is CCNCCc1ccc(Cl)c(NCc2ccccn2)c1. The Morgan fingerprint density at radius 1 is 1.20 bits per heavy atom. The minimum atomic E-state index is 0.678. The molecule has 0 atom stereocenters. The van der Waals surface area contributed by atoms with E-state index in [9.17, 15) is 0 Å². The van der Waals surface area contributed by atoms with Crippen LogP contribution >= 0.6 is 11.6 Å². The van der Waals surface area contributed by atoms with Gasteiger partial charge in [0.1, 0.15) is 0 Å². The second-order valence-electron chi connectivity index (χ2n) is 4.59. The summed E-state index contributed by atoms with van der Waals surface area (Å²) in [6.07, 6.45) is 2.80. The van der Waals surface area contributed by atoms with Gasteiger partial charge in [-0.05, 0) is 49.3 Å². The van der Waals surface area contributed by atoms with Crippen LogP contribution in [-0.2, 0) is 13.0 Å². The lowest BCUT2D eigenvalue weighted by molar-refractivity contribution is 0.716. The van der Waals surface area contributed by atoms with Crippen molar-refractivity contribution in [2.45, 2.75) is 19.9 Å². The number of hydrogen-bond donors (Lipinski definition) is 2. The van der Waals surface area contributed by atoms with Crippen LogP contribution in [0.1, 0.15) is 18.2 Å². The molecule has 0 aliphatic rings. The molecule has 0 unspecified atom stereocenters. The molecule has 106 valence electrons. The van der Waals surface area contributed by atoms with Gasteiger partial charge in [0.2, 0.25) is 0 Å². The second kappa shape index (κ2) is 7.88. The van der Waals surface area contributed by atoms with Crippen LogP contribution in [0.2, 0.25) is 5.02 Å². The molecule has 0 bridgehead atoms. The number of aromatic nitrogens is 1. The lowest BCUT2D eigenvalue weighted by Gasteiger charge is -2.10. The third kappa shape index (κ3) is 4.51. The number of likely N-dealkylation sites (N-methyl/N-ethyl adjacent to an activating group) is 1. The van der Waals surface area contributed by atoms with Crippen LogP contribution in [0.25, 0.3) is 0 Å². The van der Waals surface area contributed by atoms with E-state index in [2.05, 4.69) is 34.7 Å². The summed E-state index contributed by atoms with van der Waals surface area (Å²) in [4.78, 5) is 4.29. The van der Waals surface area contributed by atoms with E-state index in [4.69, 9.17) is 11.6 Å². The van der Waals surface area contributed by atoms with Crippen molar-refractivity contribution >= 4 is 17.3 Å². The molecule has 0 amide bonds. The topological polar surface area (TPSA) is 37.0 Å². The van der Waals surface area contributed by atoms with E-state index >= 15 is 0 Å². The van der Waals surface area contributed by atoms with Crippen molar-refractivity contribution in [1.82, 2.24) is 10.3 Å². The van der Waals surface area contributed by atoms with Crippen molar-refractivity contribution in [2.75, 3.05) is 18.4 Å². The Morgan fingerprint density at radius 3 is 2.85 bits per heavy atom. The van der Waals surface area contributed by atoms with Gasteiger partial charge in [-0.25, -0.2) is 0 Å². The summed E-state index contributed by atoms with van der Waals surface area (Å²) < 4.78 is 0. The maximum absolute atomic E-state index is 6.23. The predicted molar refractivity (Wildman–Crippen MR) is 85.3 cm³/mol. The summed E-state index contributed by atoms with van der Waals surface area (Å²) in [5.41, 5.74) is 3.24. The van der Waals surface area contributed by atoms with Crippen LogP contribution in [0.15, 0.2) is 42.6 Å². The maximum Gasteiger partial charge on any atom is 0.0637 e. The zero-order valence-electron chi connectivity index (χ0n) is 11.7. The van der Waals surface area contributed by atoms with E-state index in [-0.39, 0.29) is 0 Å². The van der Waals surface area contributed by atoms with Gasteiger partial charge in [-0.2, -0.15) is 0 Å². The molecule has 20 heavy (non-hydrogen) atoms. The number of rotatable bonds is 7. The molecule has 0 aliphatic heterocycles. The molecule has 2 aromatic rings. The number of benzene rings is 1. The summed E-state index contributed by atoms with van der Waals surface area (Å²) in [5.74, 6) is 0. The summed E-state index contributed by atoms with van der Waals surface area (Å²) >= 11 is 6.23. The minimum Gasteiger partial charge on any atom is -0.378 e. The monoisotopic (exact) mass is 289 g/mol. The number of pyridine rings is 1. The van der Waals surface area contributed by atoms with Gasteiger partial charge in [0.15, 0.2) is 0 Å². The van der Waals surface area contributed by atoms with Crippen LogP contribution in [0.3, 0.4) is 0 Å². The van der Waals surface area contributed by atoms with E-state index in [1.807, 2.05) is 24.3 Å². The quantitative estimate of drug-likeness (QED) is 0.766. The number of nitrogens with one attached hydrogen (secondary N) is 2. The van der Waals surface area contributed by atoms with Gasteiger partial charge in [0, 0.05) is 6.20 Å². The molecule has 0 aliphatic carbocycles. The van der Waals surface area contributed by atoms with E-state index in [1.54, 1.807) is 6.20 Å². The highest BCUT2D eigenvalue weighted by atomic mass is 35.5. The lowest BCUT2D eigenvalue weighted by Crippen LogP contribution is -2.16. The van der Waals surface area contributed by atoms with Gasteiger partial charge in [-0.1, -0.05) is 30.7 Å². The maximum atomic E-state index is 6.23. The Balaban J connectivity index is 1.97. The molecular formula is C16H20ClN3. The first kappa shape index (κ1) is 14.8. The molecule has 0 fully saturated rings. The fraction of sp³-hybridized carbons (Fsp3) is 0.312. The lowest BCUT2D eigenvalue weighted by atomic mass is 10.1. The highest BCUT2D eigenvalue weighted by Crippen LogP contribution is 2.23. The molecule has 4 heteroatoms. The van der Waals surface area contributed by atoms with E-state index in [0.29, 0.717) is 6.54 Å². The molecule has 1 aromatic heterocycles. The molecule has 1 aromatic carbocycles. The third-order valence-corrected chi connectivity index (χ3v) is 3.39. The van der Waals surface area contributed by atoms with Crippen LogP contribution in [0, 0.1) is 0 Å². The highest BCUT2D eigenvalue weighted by molar-refractivity contribution is 6.33. The largest absolute Gasteiger partial charge is 0.378 e. The number of anilines is 1. The fourth-order valence-electron chi connectivity index (χ4n) is 1.96. The standard InChI is InChI=1S/C16H20ClN3/c1-2-18-10-8-13-6-7-15(17)16(11-13)20-12-14-5-3-4-9-19-14/h3-7,9,11,18,20H,2,8,10,12H2,1H3. The van der Waals surface area contributed by atoms with E-state index in [1.165, 1.54) is 5.56 Å². The Hall–Kier alpha value is -1.58. The predicted octanol–water partition coefficient (Wildman–Crippen LogP) is 3.50. The average Bonchev–Trinajstić information content (AvgIpc) is 2.49. The van der Waals surface area contributed by atoms with E-state index in [0.717, 1.165) is 35.9 Å². The molecule has 2 N–H and O–H groups in total. The average molecular weight is 290 g/mol. The first-order valence-corrected chi connectivity index (χ1v) is 7.30. The summed E-state index contributed by atoms with van der Waals surface area (Å²) in [7, 11) is 0. The van der Waals surface area contributed by atoms with Crippen molar-refractivity contribution in [3.63, 3.8) is 0 Å². The molecule has 3 nitrogen and oxygen atoms in total. The highest BCUT2D eigenvalue weighted by Gasteiger charge is 2.02. The molecule has 0 radical (unpaired) electrons. The van der Waals surface area contributed by atoms with Crippen LogP contribution in [0.5, 0.6) is 0 Å². The Morgan fingerprint density at radius 2 is 2.10 bits per heavy atom. The van der Waals surface area contributed by atoms with Gasteiger partial charge in [0.05, 0.1) is 22.9 Å². The molecule has 1 heterocycles. The number of halogens is 1. The van der Waals surface area contributed by atoms with Gasteiger partial charge in [0.25, 0.3) is 0 Å². The van der Waals surface area contributed by atoms with Gasteiger partial charge >= 0.3 is 0 Å². The number of nitrogens with zero attached hydrogens (tertiary/aromatic N) is 1. The molecule has 2 rings (SSSR count). The zero-order valence-corrected chi connectivity index (χ0v) is 12.5. The fourth-order valence-corrected chi connectivity index (χ4v) is 2.15. The Kier molecular flexibility index (Phi) is 5.84. The molecule has 0 saturated heterocycles. The van der Waals surface area contributed by atoms with Crippen molar-refractivity contribution in [1.29, 1.82) is 0 Å². The van der Waals surface area contributed by atoms with Gasteiger partial charge in [-0.15, -0.1) is 0 Å². The second-order valence-corrected chi connectivity index (χ2v) is 5.00. The van der Waals surface area contributed by atoms with Gasteiger partial charge < -0.3 is 10.6 Å². The summed E-state index contributed by atoms with van der Waals surface area (Å²) in [5, 5.41) is 7.41. The first-order valence-electron chi connectivity index (χ1n) is 6.92. The van der Waals surface area contributed by atoms with Crippen molar-refractivity contribution < 1.29 is 0 Å².